The standard InChI is InChI=1S/C19H28N2O7S/c1-29(25,26)17-4-2-3-16(9-17)27-13-15(22)11-21(18(23)24)14-10-19(28-12-14)5-7-20-8-6-19/h2-4,9,14-15,20,22H,5-8,10-13H2,1H3,(H,23,24)/t14?,15-/m0/s1. The molecule has 2 aliphatic heterocycles. The lowest BCUT2D eigenvalue weighted by Crippen LogP contribution is -2.47. The number of aliphatic hydroxyl groups excluding tert-OH is 1. The van der Waals surface area contributed by atoms with Crippen molar-refractivity contribution < 1.29 is 32.9 Å². The molecule has 2 aliphatic rings. The number of hydrogen-bond donors (Lipinski definition) is 3. The van der Waals surface area contributed by atoms with Crippen LogP contribution < -0.4 is 10.1 Å². The molecule has 2 heterocycles. The minimum Gasteiger partial charge on any atom is -0.491 e. The van der Waals surface area contributed by atoms with Crippen molar-refractivity contribution in [2.45, 2.75) is 41.9 Å². The van der Waals surface area contributed by atoms with Gasteiger partial charge in [0.2, 0.25) is 0 Å². The molecule has 1 unspecified atom stereocenters. The summed E-state index contributed by atoms with van der Waals surface area (Å²) < 4.78 is 34.7. The lowest BCUT2D eigenvalue weighted by Gasteiger charge is -2.34. The Morgan fingerprint density at radius 2 is 2.14 bits per heavy atom. The predicted molar refractivity (Wildman–Crippen MR) is 105 cm³/mol. The van der Waals surface area contributed by atoms with Crippen LogP contribution in [0.25, 0.3) is 0 Å². The maximum atomic E-state index is 11.8. The highest BCUT2D eigenvalue weighted by Gasteiger charge is 2.44. The van der Waals surface area contributed by atoms with Crippen molar-refractivity contribution in [2.75, 3.05) is 39.1 Å². The molecule has 29 heavy (non-hydrogen) atoms. The Labute approximate surface area is 170 Å². The smallest absolute Gasteiger partial charge is 0.407 e. The van der Waals surface area contributed by atoms with Gasteiger partial charge in [-0.2, -0.15) is 0 Å². The van der Waals surface area contributed by atoms with E-state index in [1.165, 1.54) is 17.0 Å². The number of piperidine rings is 1. The molecule has 1 aromatic carbocycles. The molecule has 0 radical (unpaired) electrons. The van der Waals surface area contributed by atoms with Crippen LogP contribution in [0.3, 0.4) is 0 Å². The summed E-state index contributed by atoms with van der Waals surface area (Å²) in [6.45, 7) is 1.75. The van der Waals surface area contributed by atoms with E-state index in [-0.39, 0.29) is 29.7 Å². The van der Waals surface area contributed by atoms with Crippen LogP contribution in [0.15, 0.2) is 29.2 Å². The summed E-state index contributed by atoms with van der Waals surface area (Å²) in [4.78, 5) is 13.1. The van der Waals surface area contributed by atoms with Gasteiger partial charge in [-0.3, -0.25) is 0 Å². The maximum absolute atomic E-state index is 11.8. The third-order valence-corrected chi connectivity index (χ3v) is 6.58. The van der Waals surface area contributed by atoms with Crippen molar-refractivity contribution in [3.63, 3.8) is 0 Å². The second-order valence-electron chi connectivity index (χ2n) is 7.75. The lowest BCUT2D eigenvalue weighted by molar-refractivity contribution is -0.0205. The maximum Gasteiger partial charge on any atom is 0.407 e. The molecule has 1 aromatic rings. The number of carboxylic acid groups (broad SMARTS) is 1. The van der Waals surface area contributed by atoms with Crippen molar-refractivity contribution in [3.8, 4) is 5.75 Å². The Balaban J connectivity index is 1.56. The number of ether oxygens (including phenoxy) is 2. The van der Waals surface area contributed by atoms with Crippen LogP contribution in [0.2, 0.25) is 0 Å². The molecule has 2 saturated heterocycles. The fourth-order valence-corrected chi connectivity index (χ4v) is 4.56. The van der Waals surface area contributed by atoms with Crippen molar-refractivity contribution in [1.29, 1.82) is 0 Å². The van der Waals surface area contributed by atoms with Gasteiger partial charge in [-0.1, -0.05) is 6.07 Å². The molecule has 2 fully saturated rings. The van der Waals surface area contributed by atoms with Gasteiger partial charge in [-0.05, 0) is 50.6 Å². The molecule has 10 heteroatoms. The fourth-order valence-electron chi connectivity index (χ4n) is 3.90. The van der Waals surface area contributed by atoms with Crippen molar-refractivity contribution in [1.82, 2.24) is 10.2 Å². The van der Waals surface area contributed by atoms with Gasteiger partial charge in [0.1, 0.15) is 18.5 Å². The Hall–Kier alpha value is -1.88. The highest BCUT2D eigenvalue weighted by atomic mass is 32.2. The van der Waals surface area contributed by atoms with E-state index in [0.29, 0.717) is 18.8 Å². The zero-order valence-electron chi connectivity index (χ0n) is 16.4. The largest absolute Gasteiger partial charge is 0.491 e. The predicted octanol–water partition coefficient (Wildman–Crippen LogP) is 0.721. The molecule has 2 atom stereocenters. The van der Waals surface area contributed by atoms with Gasteiger partial charge in [0.15, 0.2) is 9.84 Å². The Bertz CT molecular complexity index is 824. The van der Waals surface area contributed by atoms with Crippen molar-refractivity contribution >= 4 is 15.9 Å². The third kappa shape index (κ3) is 5.59. The number of nitrogens with zero attached hydrogens (tertiary/aromatic N) is 1. The minimum absolute atomic E-state index is 0.108. The summed E-state index contributed by atoms with van der Waals surface area (Å²) in [6, 6.07) is 5.66. The zero-order valence-corrected chi connectivity index (χ0v) is 17.2. The normalized spacial score (nSPS) is 22.3. The Morgan fingerprint density at radius 3 is 2.79 bits per heavy atom. The number of amides is 1. The number of rotatable bonds is 7. The van der Waals surface area contributed by atoms with Gasteiger partial charge in [0.05, 0.1) is 29.7 Å². The summed E-state index contributed by atoms with van der Waals surface area (Å²) in [5.74, 6) is 0.298. The van der Waals surface area contributed by atoms with Crippen LogP contribution in [-0.4, -0.2) is 86.5 Å². The first-order chi connectivity index (χ1) is 13.7. The molecule has 3 rings (SSSR count). The van der Waals surface area contributed by atoms with E-state index in [2.05, 4.69) is 5.32 Å². The van der Waals surface area contributed by atoms with Crippen molar-refractivity contribution in [3.05, 3.63) is 24.3 Å². The van der Waals surface area contributed by atoms with Crippen LogP contribution >= 0.6 is 0 Å². The highest BCUT2D eigenvalue weighted by molar-refractivity contribution is 7.90. The molecule has 0 aromatic heterocycles. The van der Waals surface area contributed by atoms with Crippen LogP contribution in [0.5, 0.6) is 5.75 Å². The second kappa shape index (κ2) is 8.86. The summed E-state index contributed by atoms with van der Waals surface area (Å²) in [7, 11) is -3.37. The van der Waals surface area contributed by atoms with E-state index in [1.54, 1.807) is 12.1 Å². The quantitative estimate of drug-likeness (QED) is 0.580. The number of carbonyl (C=O) groups is 1. The molecule has 3 N–H and O–H groups in total. The van der Waals surface area contributed by atoms with Crippen LogP contribution in [0.4, 0.5) is 4.79 Å². The first-order valence-electron chi connectivity index (χ1n) is 9.64. The molecule has 0 saturated carbocycles. The minimum atomic E-state index is -3.37. The number of aliphatic hydroxyl groups is 1. The van der Waals surface area contributed by atoms with E-state index in [9.17, 15) is 23.4 Å². The number of sulfone groups is 1. The first kappa shape index (κ1) is 21.8. The second-order valence-corrected chi connectivity index (χ2v) is 9.76. The van der Waals surface area contributed by atoms with E-state index in [1.807, 2.05) is 0 Å². The number of nitrogens with one attached hydrogen (secondary N) is 1. The number of benzene rings is 1. The average molecular weight is 429 g/mol. The van der Waals surface area contributed by atoms with Gasteiger partial charge in [0, 0.05) is 6.26 Å². The monoisotopic (exact) mass is 428 g/mol. The summed E-state index contributed by atoms with van der Waals surface area (Å²) in [5, 5.41) is 23.2. The van der Waals surface area contributed by atoms with Gasteiger partial charge in [-0.25, -0.2) is 13.2 Å². The fraction of sp³-hybridized carbons (Fsp3) is 0.632. The van der Waals surface area contributed by atoms with Gasteiger partial charge >= 0.3 is 6.09 Å². The molecule has 9 nitrogen and oxygen atoms in total. The zero-order chi connectivity index (χ0) is 21.1. The van der Waals surface area contributed by atoms with Gasteiger partial charge < -0.3 is 29.9 Å². The summed E-state index contributed by atoms with van der Waals surface area (Å²) in [6.07, 6.45) is 1.24. The summed E-state index contributed by atoms with van der Waals surface area (Å²) >= 11 is 0. The molecular weight excluding hydrogens is 400 g/mol. The van der Waals surface area contributed by atoms with E-state index in [0.717, 1.165) is 32.2 Å². The number of hydrogen-bond acceptors (Lipinski definition) is 7. The first-order valence-corrected chi connectivity index (χ1v) is 11.5. The lowest BCUT2D eigenvalue weighted by atomic mass is 9.88. The molecule has 1 spiro atoms. The van der Waals surface area contributed by atoms with E-state index < -0.39 is 22.0 Å². The molecular formula is C19H28N2O7S. The summed E-state index contributed by atoms with van der Waals surface area (Å²) in [5.41, 5.74) is -0.281. The van der Waals surface area contributed by atoms with Crippen LogP contribution in [0, 0.1) is 0 Å². The molecule has 162 valence electrons. The third-order valence-electron chi connectivity index (χ3n) is 5.47. The molecule has 0 aliphatic carbocycles. The van der Waals surface area contributed by atoms with Crippen molar-refractivity contribution in [2.24, 2.45) is 0 Å². The van der Waals surface area contributed by atoms with Gasteiger partial charge in [-0.15, -0.1) is 0 Å². The topological polar surface area (TPSA) is 125 Å². The highest BCUT2D eigenvalue weighted by Crippen LogP contribution is 2.36. The Kier molecular flexibility index (Phi) is 6.67. The molecule has 0 bridgehead atoms. The Morgan fingerprint density at radius 1 is 1.41 bits per heavy atom. The van der Waals surface area contributed by atoms with Gasteiger partial charge in [0.25, 0.3) is 0 Å². The molecule has 1 amide bonds. The van der Waals surface area contributed by atoms with E-state index in [4.69, 9.17) is 9.47 Å². The SMILES string of the molecule is CS(=O)(=O)c1cccc(OC[C@@H](O)CN(C(=O)O)C2COC3(CCNCC3)C2)c1. The van der Waals surface area contributed by atoms with Crippen LogP contribution in [0.1, 0.15) is 19.3 Å². The van der Waals surface area contributed by atoms with E-state index >= 15 is 0 Å². The average Bonchev–Trinajstić information content (AvgIpc) is 3.07. The van der Waals surface area contributed by atoms with Crippen LogP contribution in [-0.2, 0) is 14.6 Å².